The number of nitro benzene ring substituents is 1. The van der Waals surface area contributed by atoms with Crippen molar-refractivity contribution >= 4 is 33.6 Å². The fourth-order valence-corrected chi connectivity index (χ4v) is 3.63. The van der Waals surface area contributed by atoms with Crippen molar-refractivity contribution in [3.05, 3.63) is 75.2 Å². The SMILES string of the molecule is COc1cccc(-c2csc(CNc3nccc4cc([N+](=O)[O-])ccc34)n2)c1. The molecule has 0 spiro atoms. The smallest absolute Gasteiger partial charge is 0.270 e. The highest BCUT2D eigenvalue weighted by Crippen LogP contribution is 2.28. The van der Waals surface area contributed by atoms with Crippen molar-refractivity contribution in [1.82, 2.24) is 9.97 Å². The molecule has 2 heterocycles. The number of nitrogens with one attached hydrogen (secondary N) is 1. The molecule has 0 aliphatic heterocycles. The summed E-state index contributed by atoms with van der Waals surface area (Å²) in [4.78, 5) is 19.6. The highest BCUT2D eigenvalue weighted by molar-refractivity contribution is 7.10. The first-order chi connectivity index (χ1) is 13.6. The third-order valence-electron chi connectivity index (χ3n) is 4.28. The fraction of sp³-hybridized carbons (Fsp3) is 0.100. The van der Waals surface area contributed by atoms with Gasteiger partial charge in [0.05, 0.1) is 24.3 Å². The summed E-state index contributed by atoms with van der Waals surface area (Å²) < 4.78 is 5.27. The number of fused-ring (bicyclic) bond motifs is 1. The van der Waals surface area contributed by atoms with E-state index in [1.807, 2.05) is 29.6 Å². The standard InChI is InChI=1S/C20H16N4O3S/c1-27-16-4-2-3-14(10-16)18-12-28-19(23-18)11-22-20-17-6-5-15(24(25)26)9-13(17)7-8-21-20/h2-10,12H,11H2,1H3,(H,21,22). The van der Waals surface area contributed by atoms with Gasteiger partial charge >= 0.3 is 0 Å². The number of hydrogen-bond donors (Lipinski definition) is 1. The summed E-state index contributed by atoms with van der Waals surface area (Å²) in [7, 11) is 1.64. The van der Waals surface area contributed by atoms with Gasteiger partial charge in [0.2, 0.25) is 0 Å². The Morgan fingerprint density at radius 3 is 2.93 bits per heavy atom. The second-order valence-corrected chi connectivity index (χ2v) is 6.98. The van der Waals surface area contributed by atoms with Crippen molar-refractivity contribution in [2.45, 2.75) is 6.54 Å². The summed E-state index contributed by atoms with van der Waals surface area (Å²) >= 11 is 1.56. The molecule has 4 aromatic rings. The average molecular weight is 392 g/mol. The summed E-state index contributed by atoms with van der Waals surface area (Å²) in [6.07, 6.45) is 1.64. The fourth-order valence-electron chi connectivity index (χ4n) is 2.89. The summed E-state index contributed by atoms with van der Waals surface area (Å²) in [5, 5.41) is 18.8. The van der Waals surface area contributed by atoms with Gasteiger partial charge in [-0.25, -0.2) is 9.97 Å². The lowest BCUT2D eigenvalue weighted by Crippen LogP contribution is -2.01. The van der Waals surface area contributed by atoms with Gasteiger partial charge in [0.15, 0.2) is 0 Å². The van der Waals surface area contributed by atoms with Crippen LogP contribution in [0.3, 0.4) is 0 Å². The van der Waals surface area contributed by atoms with Crippen molar-refractivity contribution in [2.24, 2.45) is 0 Å². The molecule has 0 amide bonds. The molecule has 2 aromatic heterocycles. The van der Waals surface area contributed by atoms with Gasteiger partial charge in [-0.1, -0.05) is 12.1 Å². The molecule has 2 aromatic carbocycles. The second kappa shape index (κ2) is 7.61. The van der Waals surface area contributed by atoms with E-state index in [1.165, 1.54) is 6.07 Å². The van der Waals surface area contributed by atoms with Crippen molar-refractivity contribution in [3.8, 4) is 17.0 Å². The van der Waals surface area contributed by atoms with Gasteiger partial charge in [-0.3, -0.25) is 10.1 Å². The molecule has 28 heavy (non-hydrogen) atoms. The molecular formula is C20H16N4O3S. The molecule has 0 aliphatic carbocycles. The molecule has 0 bridgehead atoms. The van der Waals surface area contributed by atoms with Gasteiger partial charge in [0.25, 0.3) is 5.69 Å². The quantitative estimate of drug-likeness (QED) is 0.371. The molecule has 0 atom stereocenters. The number of aromatic nitrogens is 2. The maximum atomic E-state index is 11.0. The molecule has 140 valence electrons. The number of ether oxygens (including phenoxy) is 1. The minimum absolute atomic E-state index is 0.0625. The van der Waals surface area contributed by atoms with Crippen LogP contribution in [0.2, 0.25) is 0 Å². The molecule has 1 N–H and O–H groups in total. The summed E-state index contributed by atoms with van der Waals surface area (Å²) in [6.45, 7) is 0.512. The maximum Gasteiger partial charge on any atom is 0.270 e. The van der Waals surface area contributed by atoms with Crippen molar-refractivity contribution in [1.29, 1.82) is 0 Å². The van der Waals surface area contributed by atoms with Gasteiger partial charge in [0.1, 0.15) is 16.6 Å². The van der Waals surface area contributed by atoms with E-state index < -0.39 is 4.92 Å². The van der Waals surface area contributed by atoms with Gasteiger partial charge in [-0.05, 0) is 29.7 Å². The van der Waals surface area contributed by atoms with Crippen LogP contribution in [0.4, 0.5) is 11.5 Å². The summed E-state index contributed by atoms with van der Waals surface area (Å²) in [5.74, 6) is 1.46. The Hall–Kier alpha value is -3.52. The van der Waals surface area contributed by atoms with Gasteiger partial charge < -0.3 is 10.1 Å². The van der Waals surface area contributed by atoms with Crippen LogP contribution in [0, 0.1) is 10.1 Å². The Bertz CT molecular complexity index is 1160. The monoisotopic (exact) mass is 392 g/mol. The van der Waals surface area contributed by atoms with E-state index in [1.54, 1.807) is 42.8 Å². The number of anilines is 1. The number of hydrogen-bond acceptors (Lipinski definition) is 7. The average Bonchev–Trinajstić information content (AvgIpc) is 3.21. The molecular weight excluding hydrogens is 376 g/mol. The summed E-state index contributed by atoms with van der Waals surface area (Å²) in [6, 6.07) is 14.3. The van der Waals surface area contributed by atoms with Crippen molar-refractivity contribution in [3.63, 3.8) is 0 Å². The lowest BCUT2D eigenvalue weighted by atomic mass is 10.1. The minimum Gasteiger partial charge on any atom is -0.497 e. The number of non-ortho nitro benzene ring substituents is 1. The number of rotatable bonds is 6. The first kappa shape index (κ1) is 17.9. The van der Waals surface area contributed by atoms with Gasteiger partial charge in [0, 0.05) is 34.7 Å². The Balaban J connectivity index is 1.53. The van der Waals surface area contributed by atoms with E-state index in [2.05, 4.69) is 15.3 Å². The zero-order valence-corrected chi connectivity index (χ0v) is 15.8. The molecule has 0 saturated carbocycles. The van der Waals surface area contributed by atoms with Crippen molar-refractivity contribution in [2.75, 3.05) is 12.4 Å². The minimum atomic E-state index is -0.400. The highest BCUT2D eigenvalue weighted by Gasteiger charge is 2.10. The van der Waals surface area contributed by atoms with Crippen LogP contribution >= 0.6 is 11.3 Å². The third-order valence-corrected chi connectivity index (χ3v) is 5.13. The molecule has 0 radical (unpaired) electrons. The molecule has 0 saturated heterocycles. The Kier molecular flexibility index (Phi) is 4.86. The van der Waals surface area contributed by atoms with E-state index in [9.17, 15) is 10.1 Å². The lowest BCUT2D eigenvalue weighted by Gasteiger charge is -2.07. The topological polar surface area (TPSA) is 90.2 Å². The zero-order chi connectivity index (χ0) is 19.5. The van der Waals surface area contributed by atoms with Gasteiger partial charge in [-0.2, -0.15) is 0 Å². The number of nitrogens with zero attached hydrogens (tertiary/aromatic N) is 3. The summed E-state index contributed by atoms with van der Waals surface area (Å²) in [5.41, 5.74) is 1.95. The number of benzene rings is 2. The van der Waals surface area contributed by atoms with Gasteiger partial charge in [-0.15, -0.1) is 11.3 Å². The predicted molar refractivity (Wildman–Crippen MR) is 110 cm³/mol. The number of pyridine rings is 1. The first-order valence-electron chi connectivity index (χ1n) is 8.50. The van der Waals surface area contributed by atoms with E-state index >= 15 is 0 Å². The highest BCUT2D eigenvalue weighted by atomic mass is 32.1. The number of methoxy groups -OCH3 is 1. The van der Waals surface area contributed by atoms with E-state index in [0.29, 0.717) is 12.4 Å². The number of thiazole rings is 1. The molecule has 0 unspecified atom stereocenters. The third kappa shape index (κ3) is 3.63. The lowest BCUT2D eigenvalue weighted by molar-refractivity contribution is -0.384. The van der Waals surface area contributed by atoms with Crippen LogP contribution in [0.15, 0.2) is 60.1 Å². The predicted octanol–water partition coefficient (Wildman–Crippen LogP) is 4.89. The molecule has 7 nitrogen and oxygen atoms in total. The normalized spacial score (nSPS) is 10.8. The maximum absolute atomic E-state index is 11.0. The van der Waals surface area contributed by atoms with E-state index in [0.717, 1.165) is 32.8 Å². The molecule has 0 fully saturated rings. The zero-order valence-electron chi connectivity index (χ0n) is 15.0. The van der Waals surface area contributed by atoms with E-state index in [4.69, 9.17) is 4.74 Å². The van der Waals surface area contributed by atoms with Crippen LogP contribution < -0.4 is 10.1 Å². The largest absolute Gasteiger partial charge is 0.497 e. The second-order valence-electron chi connectivity index (χ2n) is 6.03. The van der Waals surface area contributed by atoms with Crippen LogP contribution in [-0.4, -0.2) is 22.0 Å². The Morgan fingerprint density at radius 1 is 1.21 bits per heavy atom. The van der Waals surface area contributed by atoms with Crippen LogP contribution in [0.1, 0.15) is 5.01 Å². The van der Waals surface area contributed by atoms with Crippen LogP contribution in [-0.2, 0) is 6.54 Å². The molecule has 8 heteroatoms. The van der Waals surface area contributed by atoms with E-state index in [-0.39, 0.29) is 5.69 Å². The Labute approximate surface area is 164 Å². The van der Waals surface area contributed by atoms with Crippen LogP contribution in [0.5, 0.6) is 5.75 Å². The van der Waals surface area contributed by atoms with Crippen molar-refractivity contribution < 1.29 is 9.66 Å². The van der Waals surface area contributed by atoms with Crippen LogP contribution in [0.25, 0.3) is 22.0 Å². The first-order valence-corrected chi connectivity index (χ1v) is 9.38. The molecule has 4 rings (SSSR count). The molecule has 0 aliphatic rings. The number of nitro groups is 1. The Morgan fingerprint density at radius 2 is 2.11 bits per heavy atom.